The number of benzene rings is 1. The Labute approximate surface area is 128 Å². The Morgan fingerprint density at radius 1 is 1.30 bits per heavy atom. The van der Waals surface area contributed by atoms with Gasteiger partial charge in [0, 0.05) is 23.7 Å². The SMILES string of the molecule is Cl.O=C(NC1CC2CCC(C1)N2)c1ccc(F)c(Cl)c1. The molecular formula is C14H17Cl2FN2O. The highest BCUT2D eigenvalue weighted by atomic mass is 35.5. The Hall–Kier alpha value is -0.840. The first-order valence-corrected chi connectivity index (χ1v) is 7.01. The standard InChI is InChI=1S/C14H16ClFN2O.ClH/c15-12-5-8(1-4-13(12)16)14(19)18-11-6-9-2-3-10(7-11)17-9;/h1,4-5,9-11,17H,2-3,6-7H2,(H,18,19);1H. The fourth-order valence-corrected chi connectivity index (χ4v) is 3.26. The molecule has 2 heterocycles. The van der Waals surface area contributed by atoms with E-state index in [1.165, 1.54) is 31.0 Å². The van der Waals surface area contributed by atoms with E-state index in [0.29, 0.717) is 17.6 Å². The van der Waals surface area contributed by atoms with Crippen molar-refractivity contribution in [3.8, 4) is 0 Å². The van der Waals surface area contributed by atoms with Crippen LogP contribution in [0.1, 0.15) is 36.0 Å². The summed E-state index contributed by atoms with van der Waals surface area (Å²) in [6.45, 7) is 0. The number of carbonyl (C=O) groups is 1. The Balaban J connectivity index is 0.00000147. The van der Waals surface area contributed by atoms with Gasteiger partial charge in [0.15, 0.2) is 0 Å². The van der Waals surface area contributed by atoms with Crippen LogP contribution in [-0.2, 0) is 0 Å². The van der Waals surface area contributed by atoms with Crippen LogP contribution in [0.4, 0.5) is 4.39 Å². The molecule has 2 bridgehead atoms. The lowest BCUT2D eigenvalue weighted by Crippen LogP contribution is -2.48. The van der Waals surface area contributed by atoms with Gasteiger partial charge in [0.1, 0.15) is 5.82 Å². The van der Waals surface area contributed by atoms with Crippen LogP contribution < -0.4 is 10.6 Å². The summed E-state index contributed by atoms with van der Waals surface area (Å²) >= 11 is 5.69. The predicted molar refractivity (Wildman–Crippen MR) is 79.1 cm³/mol. The van der Waals surface area contributed by atoms with Gasteiger partial charge in [0.25, 0.3) is 5.91 Å². The molecular weight excluding hydrogens is 302 g/mol. The van der Waals surface area contributed by atoms with Gasteiger partial charge in [-0.05, 0) is 43.9 Å². The topological polar surface area (TPSA) is 41.1 Å². The Morgan fingerprint density at radius 3 is 2.55 bits per heavy atom. The fourth-order valence-electron chi connectivity index (χ4n) is 3.08. The predicted octanol–water partition coefficient (Wildman–Crippen LogP) is 2.91. The molecule has 0 spiro atoms. The van der Waals surface area contributed by atoms with Crippen LogP contribution in [0, 0.1) is 5.82 Å². The summed E-state index contributed by atoms with van der Waals surface area (Å²) in [6, 6.07) is 5.33. The number of halogens is 3. The number of hydrogen-bond donors (Lipinski definition) is 2. The zero-order chi connectivity index (χ0) is 13.4. The lowest BCUT2D eigenvalue weighted by Gasteiger charge is -2.29. The quantitative estimate of drug-likeness (QED) is 0.880. The van der Waals surface area contributed by atoms with E-state index < -0.39 is 5.82 Å². The van der Waals surface area contributed by atoms with Gasteiger partial charge in [-0.1, -0.05) is 11.6 Å². The summed E-state index contributed by atoms with van der Waals surface area (Å²) in [5.41, 5.74) is 0.414. The van der Waals surface area contributed by atoms with Gasteiger partial charge >= 0.3 is 0 Å². The van der Waals surface area contributed by atoms with Crippen molar-refractivity contribution < 1.29 is 9.18 Å². The molecule has 1 amide bonds. The van der Waals surface area contributed by atoms with Crippen LogP contribution in [0.5, 0.6) is 0 Å². The van der Waals surface area contributed by atoms with Crippen LogP contribution in [-0.4, -0.2) is 24.0 Å². The highest BCUT2D eigenvalue weighted by Crippen LogP contribution is 2.27. The third kappa shape index (κ3) is 3.25. The van der Waals surface area contributed by atoms with Crippen LogP contribution in [0.2, 0.25) is 5.02 Å². The smallest absolute Gasteiger partial charge is 0.251 e. The third-order valence-corrected chi connectivity index (χ3v) is 4.28. The maximum atomic E-state index is 13.1. The van der Waals surface area contributed by atoms with Crippen LogP contribution in [0.15, 0.2) is 18.2 Å². The maximum absolute atomic E-state index is 13.1. The molecule has 0 aromatic heterocycles. The highest BCUT2D eigenvalue weighted by Gasteiger charge is 2.34. The molecule has 20 heavy (non-hydrogen) atoms. The van der Waals surface area contributed by atoms with Crippen LogP contribution in [0.25, 0.3) is 0 Å². The van der Waals surface area contributed by atoms with Crippen molar-refractivity contribution >= 4 is 29.9 Å². The van der Waals surface area contributed by atoms with Crippen molar-refractivity contribution in [2.24, 2.45) is 0 Å². The fraction of sp³-hybridized carbons (Fsp3) is 0.500. The Morgan fingerprint density at radius 2 is 1.95 bits per heavy atom. The zero-order valence-electron chi connectivity index (χ0n) is 10.9. The largest absolute Gasteiger partial charge is 0.349 e. The summed E-state index contributed by atoms with van der Waals surface area (Å²) in [7, 11) is 0. The molecule has 3 nitrogen and oxygen atoms in total. The summed E-state index contributed by atoms with van der Waals surface area (Å²) in [4.78, 5) is 12.1. The molecule has 2 unspecified atom stereocenters. The molecule has 1 aromatic rings. The molecule has 1 aromatic carbocycles. The first kappa shape index (κ1) is 15.5. The molecule has 0 saturated carbocycles. The summed E-state index contributed by atoms with van der Waals surface area (Å²) in [5.74, 6) is -0.675. The Bertz CT molecular complexity index is 500. The van der Waals surface area contributed by atoms with Crippen molar-refractivity contribution in [1.82, 2.24) is 10.6 Å². The van der Waals surface area contributed by atoms with Gasteiger partial charge in [0.05, 0.1) is 5.02 Å². The molecule has 6 heteroatoms. The van der Waals surface area contributed by atoms with Crippen molar-refractivity contribution in [2.45, 2.75) is 43.8 Å². The van der Waals surface area contributed by atoms with E-state index in [0.717, 1.165) is 12.8 Å². The van der Waals surface area contributed by atoms with Gasteiger partial charge in [-0.15, -0.1) is 12.4 Å². The number of fused-ring (bicyclic) bond motifs is 2. The zero-order valence-corrected chi connectivity index (χ0v) is 12.4. The minimum absolute atomic E-state index is 0. The normalized spacial score (nSPS) is 27.8. The number of amides is 1. The van der Waals surface area contributed by atoms with Crippen molar-refractivity contribution in [2.75, 3.05) is 0 Å². The molecule has 0 aliphatic carbocycles. The number of hydrogen-bond acceptors (Lipinski definition) is 2. The van der Waals surface area contributed by atoms with Gasteiger partial charge in [-0.25, -0.2) is 4.39 Å². The molecule has 2 atom stereocenters. The second-order valence-corrected chi connectivity index (χ2v) is 5.82. The number of nitrogens with one attached hydrogen (secondary N) is 2. The molecule has 2 fully saturated rings. The molecule has 3 rings (SSSR count). The first-order valence-electron chi connectivity index (χ1n) is 6.64. The van der Waals surface area contributed by atoms with Crippen LogP contribution >= 0.6 is 24.0 Å². The average Bonchev–Trinajstić information content (AvgIpc) is 2.72. The van der Waals surface area contributed by atoms with E-state index >= 15 is 0 Å². The van der Waals surface area contributed by atoms with Crippen LogP contribution in [0.3, 0.4) is 0 Å². The molecule has 2 aliphatic rings. The van der Waals surface area contributed by atoms with Crippen molar-refractivity contribution in [3.05, 3.63) is 34.6 Å². The monoisotopic (exact) mass is 318 g/mol. The van der Waals surface area contributed by atoms with E-state index in [9.17, 15) is 9.18 Å². The minimum Gasteiger partial charge on any atom is -0.349 e. The summed E-state index contributed by atoms with van der Waals surface area (Å²) in [6.07, 6.45) is 4.33. The third-order valence-electron chi connectivity index (χ3n) is 3.99. The molecule has 2 saturated heterocycles. The van der Waals surface area contributed by atoms with E-state index in [2.05, 4.69) is 10.6 Å². The molecule has 2 aliphatic heterocycles. The number of carbonyl (C=O) groups excluding carboxylic acids is 1. The maximum Gasteiger partial charge on any atom is 0.251 e. The lowest BCUT2D eigenvalue weighted by molar-refractivity contribution is 0.0924. The Kier molecular flexibility index (Phi) is 4.89. The second-order valence-electron chi connectivity index (χ2n) is 5.41. The van der Waals surface area contributed by atoms with Crippen molar-refractivity contribution in [3.63, 3.8) is 0 Å². The number of piperidine rings is 1. The summed E-state index contributed by atoms with van der Waals surface area (Å²) < 4.78 is 13.1. The molecule has 2 N–H and O–H groups in total. The van der Waals surface area contributed by atoms with E-state index in [1.807, 2.05) is 0 Å². The highest BCUT2D eigenvalue weighted by molar-refractivity contribution is 6.31. The molecule has 0 radical (unpaired) electrons. The average molecular weight is 319 g/mol. The van der Waals surface area contributed by atoms with E-state index in [-0.39, 0.29) is 29.4 Å². The summed E-state index contributed by atoms with van der Waals surface area (Å²) in [5, 5.41) is 6.53. The second kappa shape index (κ2) is 6.29. The lowest BCUT2D eigenvalue weighted by atomic mass is 9.99. The number of rotatable bonds is 2. The van der Waals surface area contributed by atoms with Gasteiger partial charge in [-0.2, -0.15) is 0 Å². The van der Waals surface area contributed by atoms with Gasteiger partial charge < -0.3 is 10.6 Å². The van der Waals surface area contributed by atoms with E-state index in [1.54, 1.807) is 0 Å². The van der Waals surface area contributed by atoms with Crippen molar-refractivity contribution in [1.29, 1.82) is 0 Å². The van der Waals surface area contributed by atoms with Gasteiger partial charge in [-0.3, -0.25) is 4.79 Å². The van der Waals surface area contributed by atoms with E-state index in [4.69, 9.17) is 11.6 Å². The molecule has 110 valence electrons. The minimum atomic E-state index is -0.502. The first-order chi connectivity index (χ1) is 9.11. The van der Waals surface area contributed by atoms with Gasteiger partial charge in [0.2, 0.25) is 0 Å².